The maximum absolute atomic E-state index is 13.3. The highest BCUT2D eigenvalue weighted by Crippen LogP contribution is 2.36. The SMILES string of the molecule is O=C1NC(=O)C(c2ccc(Oc3ccc(Cl)cc3Cl)cc2)(N2CCN(c3ncccn3)CC2)C(=O)N1. The molecule has 2 fully saturated rings. The van der Waals surface area contributed by atoms with E-state index in [4.69, 9.17) is 27.9 Å². The number of urea groups is 1. The lowest BCUT2D eigenvalue weighted by Crippen LogP contribution is -2.73. The lowest BCUT2D eigenvalue weighted by molar-refractivity contribution is -0.149. The number of rotatable bonds is 5. The summed E-state index contributed by atoms with van der Waals surface area (Å²) < 4.78 is 5.84. The van der Waals surface area contributed by atoms with E-state index >= 15 is 0 Å². The Bertz CT molecular complexity index is 1290. The zero-order chi connectivity index (χ0) is 25.3. The number of anilines is 1. The summed E-state index contributed by atoms with van der Waals surface area (Å²) in [7, 11) is 0. The Hall–Kier alpha value is -3.73. The third kappa shape index (κ3) is 4.34. The molecule has 36 heavy (non-hydrogen) atoms. The number of aromatic nitrogens is 2. The molecule has 0 saturated carbocycles. The van der Waals surface area contributed by atoms with Crippen LogP contribution >= 0.6 is 23.2 Å². The van der Waals surface area contributed by atoms with Gasteiger partial charge in [-0.1, -0.05) is 35.3 Å². The Morgan fingerprint density at radius 3 is 2.11 bits per heavy atom. The summed E-state index contributed by atoms with van der Waals surface area (Å²) in [4.78, 5) is 50.8. The molecule has 10 nitrogen and oxygen atoms in total. The van der Waals surface area contributed by atoms with Crippen LogP contribution in [0.2, 0.25) is 10.0 Å². The van der Waals surface area contributed by atoms with Gasteiger partial charge in [0.25, 0.3) is 11.8 Å². The van der Waals surface area contributed by atoms with E-state index in [2.05, 4.69) is 20.6 Å². The number of nitrogens with zero attached hydrogens (tertiary/aromatic N) is 4. The standard InChI is InChI=1S/C24H20Cl2N6O4/c25-16-4-7-19(18(26)14-16)36-17-5-2-15(3-6-17)24(20(33)29-23(35)30-21(24)34)32-12-10-31(11-13-32)22-27-8-1-9-28-22/h1-9,14H,10-13H2,(H2,29,30,33,34,35). The highest BCUT2D eigenvalue weighted by atomic mass is 35.5. The van der Waals surface area contributed by atoms with Crippen LogP contribution in [0.4, 0.5) is 10.7 Å². The second-order valence-electron chi connectivity index (χ2n) is 8.17. The molecule has 2 N–H and O–H groups in total. The van der Waals surface area contributed by atoms with Gasteiger partial charge in [0.05, 0.1) is 5.02 Å². The van der Waals surface area contributed by atoms with Gasteiger partial charge >= 0.3 is 6.03 Å². The van der Waals surface area contributed by atoms with E-state index in [-0.39, 0.29) is 0 Å². The molecule has 0 atom stereocenters. The van der Waals surface area contributed by atoms with Gasteiger partial charge in [0.15, 0.2) is 0 Å². The minimum atomic E-state index is -1.74. The number of barbiturate groups is 1. The largest absolute Gasteiger partial charge is 0.456 e. The molecule has 2 aromatic carbocycles. The smallest absolute Gasteiger partial charge is 0.328 e. The number of amides is 4. The van der Waals surface area contributed by atoms with Crippen molar-refractivity contribution in [2.24, 2.45) is 0 Å². The van der Waals surface area contributed by atoms with Gasteiger partial charge in [0.1, 0.15) is 11.5 Å². The maximum Gasteiger partial charge on any atom is 0.328 e. The summed E-state index contributed by atoms with van der Waals surface area (Å²) in [5, 5.41) is 5.33. The van der Waals surface area contributed by atoms with E-state index in [0.717, 1.165) is 0 Å². The second-order valence-corrected chi connectivity index (χ2v) is 9.02. The van der Waals surface area contributed by atoms with Crippen molar-refractivity contribution in [2.45, 2.75) is 5.54 Å². The lowest BCUT2D eigenvalue weighted by atomic mass is 9.84. The van der Waals surface area contributed by atoms with Crippen LogP contribution < -0.4 is 20.3 Å². The molecule has 2 aliphatic heterocycles. The topological polar surface area (TPSA) is 117 Å². The van der Waals surface area contributed by atoms with Gasteiger partial charge in [-0.25, -0.2) is 14.8 Å². The molecule has 0 radical (unpaired) electrons. The normalized spacial score (nSPS) is 17.9. The summed E-state index contributed by atoms with van der Waals surface area (Å²) >= 11 is 12.1. The number of halogens is 2. The minimum absolute atomic E-state index is 0.341. The molecule has 0 aliphatic carbocycles. The summed E-state index contributed by atoms with van der Waals surface area (Å²) in [6, 6.07) is 12.3. The van der Waals surface area contributed by atoms with Crippen molar-refractivity contribution >= 4 is 47.0 Å². The first-order valence-corrected chi connectivity index (χ1v) is 11.8. The van der Waals surface area contributed by atoms with E-state index < -0.39 is 23.4 Å². The molecule has 2 saturated heterocycles. The molecule has 2 aliphatic rings. The monoisotopic (exact) mass is 526 g/mol. The molecule has 0 bridgehead atoms. The van der Waals surface area contributed by atoms with Gasteiger partial charge in [-0.15, -0.1) is 0 Å². The molecule has 184 valence electrons. The van der Waals surface area contributed by atoms with Crippen molar-refractivity contribution < 1.29 is 19.1 Å². The van der Waals surface area contributed by atoms with Crippen molar-refractivity contribution in [3.8, 4) is 11.5 Å². The Kier molecular flexibility index (Phi) is 6.48. The quantitative estimate of drug-likeness (QED) is 0.487. The van der Waals surface area contributed by atoms with Crippen molar-refractivity contribution in [2.75, 3.05) is 31.1 Å². The van der Waals surface area contributed by atoms with Crippen molar-refractivity contribution in [1.82, 2.24) is 25.5 Å². The van der Waals surface area contributed by atoms with Crippen molar-refractivity contribution in [1.29, 1.82) is 0 Å². The first-order valence-electron chi connectivity index (χ1n) is 11.1. The average Bonchev–Trinajstić information content (AvgIpc) is 2.87. The fourth-order valence-electron chi connectivity index (χ4n) is 4.40. The van der Waals surface area contributed by atoms with Gasteiger partial charge in [-0.2, -0.15) is 0 Å². The number of carbonyl (C=O) groups excluding carboxylic acids is 3. The number of carbonyl (C=O) groups is 3. The van der Waals surface area contributed by atoms with Crippen LogP contribution in [0.1, 0.15) is 5.56 Å². The minimum Gasteiger partial charge on any atom is -0.456 e. The predicted octanol–water partition coefficient (Wildman–Crippen LogP) is 2.96. The zero-order valence-electron chi connectivity index (χ0n) is 18.8. The van der Waals surface area contributed by atoms with Crippen LogP contribution in [0.5, 0.6) is 11.5 Å². The number of imide groups is 2. The summed E-state index contributed by atoms with van der Waals surface area (Å²) in [5.74, 6) is -0.00941. The third-order valence-corrected chi connectivity index (χ3v) is 6.62. The Morgan fingerprint density at radius 2 is 1.50 bits per heavy atom. The molecule has 0 spiro atoms. The van der Waals surface area contributed by atoms with Crippen LogP contribution in [0.3, 0.4) is 0 Å². The van der Waals surface area contributed by atoms with E-state index in [1.54, 1.807) is 65.8 Å². The van der Waals surface area contributed by atoms with Crippen LogP contribution in [-0.2, 0) is 15.1 Å². The highest BCUT2D eigenvalue weighted by Gasteiger charge is 2.56. The molecule has 3 heterocycles. The summed E-state index contributed by atoms with van der Waals surface area (Å²) in [6.45, 7) is 1.67. The zero-order valence-corrected chi connectivity index (χ0v) is 20.3. The van der Waals surface area contributed by atoms with Gasteiger partial charge in [-0.3, -0.25) is 25.1 Å². The van der Waals surface area contributed by atoms with Crippen LogP contribution in [-0.4, -0.2) is 58.9 Å². The Balaban J connectivity index is 1.43. The second kappa shape index (κ2) is 9.73. The molecule has 4 amide bonds. The first-order chi connectivity index (χ1) is 17.4. The number of hydrogen-bond donors (Lipinski definition) is 2. The van der Waals surface area contributed by atoms with Crippen LogP contribution in [0.25, 0.3) is 0 Å². The van der Waals surface area contributed by atoms with E-state index in [1.807, 2.05) is 4.90 Å². The molecule has 12 heteroatoms. The third-order valence-electron chi connectivity index (χ3n) is 6.09. The fraction of sp³-hybridized carbons (Fsp3) is 0.208. The number of benzene rings is 2. The molecule has 3 aromatic rings. The van der Waals surface area contributed by atoms with E-state index in [9.17, 15) is 14.4 Å². The fourth-order valence-corrected chi connectivity index (χ4v) is 4.85. The first kappa shape index (κ1) is 24.0. The maximum atomic E-state index is 13.3. The summed E-state index contributed by atoms with van der Waals surface area (Å²) in [5.41, 5.74) is -1.35. The van der Waals surface area contributed by atoms with Gasteiger partial charge < -0.3 is 9.64 Å². The number of ether oxygens (including phenoxy) is 1. The Morgan fingerprint density at radius 1 is 0.861 bits per heavy atom. The molecular weight excluding hydrogens is 507 g/mol. The van der Waals surface area contributed by atoms with E-state index in [1.165, 1.54) is 0 Å². The van der Waals surface area contributed by atoms with Gasteiger partial charge in [-0.05, 0) is 42.0 Å². The number of piperazine rings is 1. The van der Waals surface area contributed by atoms with Gasteiger partial charge in [0, 0.05) is 43.6 Å². The van der Waals surface area contributed by atoms with E-state index in [0.29, 0.717) is 59.2 Å². The van der Waals surface area contributed by atoms with Crippen LogP contribution in [0.15, 0.2) is 60.9 Å². The predicted molar refractivity (Wildman–Crippen MR) is 132 cm³/mol. The van der Waals surface area contributed by atoms with Crippen molar-refractivity contribution in [3.05, 3.63) is 76.5 Å². The lowest BCUT2D eigenvalue weighted by Gasteiger charge is -2.46. The summed E-state index contributed by atoms with van der Waals surface area (Å²) in [6.07, 6.45) is 3.31. The number of nitrogens with one attached hydrogen (secondary N) is 2. The molecular formula is C24H20Cl2N6O4. The Labute approximate surface area is 216 Å². The van der Waals surface area contributed by atoms with Crippen LogP contribution in [0, 0.1) is 0 Å². The highest BCUT2D eigenvalue weighted by molar-refractivity contribution is 6.35. The molecule has 5 rings (SSSR count). The molecule has 1 aromatic heterocycles. The van der Waals surface area contributed by atoms with Crippen molar-refractivity contribution in [3.63, 3.8) is 0 Å². The van der Waals surface area contributed by atoms with Gasteiger partial charge in [0.2, 0.25) is 11.5 Å². The average molecular weight is 527 g/mol. The molecule has 0 unspecified atom stereocenters. The number of hydrogen-bond acceptors (Lipinski definition) is 8.